The van der Waals surface area contributed by atoms with Crippen LogP contribution in [0.15, 0.2) is 48.5 Å². The summed E-state index contributed by atoms with van der Waals surface area (Å²) in [6.07, 6.45) is 0. The van der Waals surface area contributed by atoms with E-state index in [1.54, 1.807) is 0 Å². The zero-order chi connectivity index (χ0) is 16.7. The van der Waals surface area contributed by atoms with Crippen LogP contribution >= 0.6 is 23.2 Å². The van der Waals surface area contributed by atoms with Gasteiger partial charge in [-0.2, -0.15) is 0 Å². The first kappa shape index (κ1) is 16.1. The van der Waals surface area contributed by atoms with Crippen molar-refractivity contribution in [3.8, 4) is 0 Å². The standard InChI is InChI=1S/C19H17Cl2NO2/c20-15-7-3-1-5-11(15)17-13-9-24-10-14(19(13)23)18(22-17)12-6-2-4-8-16(12)21/h1-8,13-14,17-18,22H,9-10H2/t13-,14-,17-,18+/m0/s1. The number of hydrogen-bond acceptors (Lipinski definition) is 3. The van der Waals surface area contributed by atoms with Gasteiger partial charge in [-0.1, -0.05) is 59.6 Å². The number of rotatable bonds is 2. The van der Waals surface area contributed by atoms with Crippen molar-refractivity contribution in [1.82, 2.24) is 5.32 Å². The van der Waals surface area contributed by atoms with Gasteiger partial charge in [0.2, 0.25) is 0 Å². The molecule has 0 saturated carbocycles. The van der Waals surface area contributed by atoms with Crippen molar-refractivity contribution in [2.24, 2.45) is 11.8 Å². The molecule has 3 nitrogen and oxygen atoms in total. The number of halogens is 2. The molecule has 2 fully saturated rings. The number of hydrogen-bond donors (Lipinski definition) is 1. The molecule has 124 valence electrons. The molecule has 2 aliphatic heterocycles. The van der Waals surface area contributed by atoms with Gasteiger partial charge in [-0.15, -0.1) is 0 Å². The maximum atomic E-state index is 13.0. The molecule has 2 aromatic rings. The second kappa shape index (κ2) is 6.49. The van der Waals surface area contributed by atoms with Crippen LogP contribution in [0.5, 0.6) is 0 Å². The van der Waals surface area contributed by atoms with E-state index in [0.29, 0.717) is 23.3 Å². The number of benzene rings is 2. The van der Waals surface area contributed by atoms with Gasteiger partial charge in [-0.25, -0.2) is 0 Å². The lowest BCUT2D eigenvalue weighted by Gasteiger charge is -2.45. The lowest BCUT2D eigenvalue weighted by Crippen LogP contribution is -2.54. The highest BCUT2D eigenvalue weighted by molar-refractivity contribution is 6.31. The second-order valence-electron chi connectivity index (χ2n) is 6.32. The molecule has 0 aliphatic carbocycles. The fourth-order valence-electron chi connectivity index (χ4n) is 3.78. The molecule has 0 radical (unpaired) electrons. The average molecular weight is 362 g/mol. The Labute approximate surface area is 150 Å². The number of piperidine rings is 1. The minimum absolute atomic E-state index is 0.177. The number of ketones is 1. The molecule has 4 atom stereocenters. The highest BCUT2D eigenvalue weighted by Crippen LogP contribution is 2.43. The molecule has 4 rings (SSSR count). The van der Waals surface area contributed by atoms with Gasteiger partial charge in [0, 0.05) is 22.1 Å². The van der Waals surface area contributed by atoms with Crippen LogP contribution in [0, 0.1) is 11.8 Å². The topological polar surface area (TPSA) is 38.3 Å². The van der Waals surface area contributed by atoms with Crippen LogP contribution in [0.25, 0.3) is 0 Å². The monoisotopic (exact) mass is 361 g/mol. The number of carbonyl (C=O) groups excluding carboxylic acids is 1. The molecule has 5 heteroatoms. The summed E-state index contributed by atoms with van der Waals surface area (Å²) in [5.41, 5.74) is 1.86. The molecule has 0 amide bonds. The number of carbonyl (C=O) groups is 1. The van der Waals surface area contributed by atoms with Gasteiger partial charge >= 0.3 is 0 Å². The maximum absolute atomic E-state index is 13.0. The quantitative estimate of drug-likeness (QED) is 0.870. The fourth-order valence-corrected chi connectivity index (χ4v) is 4.28. The zero-order valence-electron chi connectivity index (χ0n) is 12.9. The molecule has 0 unspecified atom stereocenters. The SMILES string of the molecule is O=C1[C@H]2COC[C@H]1[C@H](c1ccccc1Cl)N[C@@H]2c1ccccc1Cl. The van der Waals surface area contributed by atoms with E-state index in [1.807, 2.05) is 48.5 Å². The summed E-state index contributed by atoms with van der Waals surface area (Å²) in [6.45, 7) is 0.848. The summed E-state index contributed by atoms with van der Waals surface area (Å²) in [5, 5.41) is 4.94. The molecule has 2 aliphatic rings. The Kier molecular flexibility index (Phi) is 4.35. The third-order valence-corrected chi connectivity index (χ3v) is 5.66. The fraction of sp³-hybridized carbons (Fsp3) is 0.316. The van der Waals surface area contributed by atoms with Gasteiger partial charge in [0.15, 0.2) is 0 Å². The predicted molar refractivity (Wildman–Crippen MR) is 94.3 cm³/mol. The summed E-state index contributed by atoms with van der Waals surface area (Å²) in [7, 11) is 0. The largest absolute Gasteiger partial charge is 0.380 e. The number of nitrogens with one attached hydrogen (secondary N) is 1. The Morgan fingerprint density at radius 1 is 0.833 bits per heavy atom. The van der Waals surface area contributed by atoms with Gasteiger partial charge < -0.3 is 10.1 Å². The van der Waals surface area contributed by atoms with Crippen molar-refractivity contribution in [1.29, 1.82) is 0 Å². The van der Waals surface area contributed by atoms with Gasteiger partial charge in [0.25, 0.3) is 0 Å². The van der Waals surface area contributed by atoms with Crippen molar-refractivity contribution in [3.05, 3.63) is 69.7 Å². The Morgan fingerprint density at radius 2 is 1.29 bits per heavy atom. The van der Waals surface area contributed by atoms with Crippen LogP contribution in [0.1, 0.15) is 23.2 Å². The molecule has 2 heterocycles. The molecular formula is C19H17Cl2NO2. The lowest BCUT2D eigenvalue weighted by atomic mass is 9.74. The average Bonchev–Trinajstić information content (AvgIpc) is 2.57. The first-order chi connectivity index (χ1) is 11.7. The minimum atomic E-state index is -0.220. The van der Waals surface area contributed by atoms with E-state index in [4.69, 9.17) is 27.9 Å². The smallest absolute Gasteiger partial charge is 0.147 e. The van der Waals surface area contributed by atoms with Crippen LogP contribution in [-0.2, 0) is 9.53 Å². The Morgan fingerprint density at radius 3 is 1.75 bits per heavy atom. The van der Waals surface area contributed by atoms with Gasteiger partial charge in [-0.05, 0) is 23.3 Å². The van der Waals surface area contributed by atoms with Gasteiger partial charge in [-0.3, -0.25) is 4.79 Å². The van der Waals surface area contributed by atoms with Crippen LogP contribution in [0.4, 0.5) is 0 Å². The molecule has 2 saturated heterocycles. The first-order valence-corrected chi connectivity index (χ1v) is 8.79. The summed E-state index contributed by atoms with van der Waals surface area (Å²) < 4.78 is 5.74. The van der Waals surface area contributed by atoms with Gasteiger partial charge in [0.05, 0.1) is 25.0 Å². The first-order valence-electron chi connectivity index (χ1n) is 8.03. The van der Waals surface area contributed by atoms with Crippen molar-refractivity contribution in [3.63, 3.8) is 0 Å². The molecule has 1 N–H and O–H groups in total. The van der Waals surface area contributed by atoms with Gasteiger partial charge in [0.1, 0.15) is 5.78 Å². The van der Waals surface area contributed by atoms with Crippen LogP contribution in [0.3, 0.4) is 0 Å². The highest BCUT2D eigenvalue weighted by Gasteiger charge is 2.48. The number of Topliss-reactive ketones (excluding diaryl/α,β-unsaturated/α-hetero) is 1. The molecular weight excluding hydrogens is 345 g/mol. The van der Waals surface area contributed by atoms with Crippen molar-refractivity contribution in [2.75, 3.05) is 13.2 Å². The zero-order valence-corrected chi connectivity index (χ0v) is 14.4. The van der Waals surface area contributed by atoms with E-state index in [0.717, 1.165) is 11.1 Å². The number of ether oxygens (including phenoxy) is 1. The summed E-state index contributed by atoms with van der Waals surface area (Å²) in [5.74, 6) is -0.209. The Hall–Kier alpha value is -1.39. The van der Waals surface area contributed by atoms with Crippen LogP contribution in [0.2, 0.25) is 10.0 Å². The van der Waals surface area contributed by atoms with E-state index in [1.165, 1.54) is 0 Å². The molecule has 2 aromatic carbocycles. The molecule has 0 spiro atoms. The van der Waals surface area contributed by atoms with E-state index in [9.17, 15) is 4.79 Å². The maximum Gasteiger partial charge on any atom is 0.147 e. The van der Waals surface area contributed by atoms with E-state index >= 15 is 0 Å². The van der Waals surface area contributed by atoms with E-state index < -0.39 is 0 Å². The molecule has 0 aromatic heterocycles. The van der Waals surface area contributed by atoms with Crippen molar-refractivity contribution >= 4 is 29.0 Å². The third kappa shape index (κ3) is 2.66. The minimum Gasteiger partial charge on any atom is -0.380 e. The summed E-state index contributed by atoms with van der Waals surface area (Å²) >= 11 is 12.8. The Bertz CT molecular complexity index is 718. The highest BCUT2D eigenvalue weighted by atomic mass is 35.5. The van der Waals surface area contributed by atoms with Crippen molar-refractivity contribution < 1.29 is 9.53 Å². The van der Waals surface area contributed by atoms with Crippen LogP contribution in [-0.4, -0.2) is 19.0 Å². The summed E-state index contributed by atoms with van der Waals surface area (Å²) in [6, 6.07) is 14.9. The number of fused-ring (bicyclic) bond motifs is 2. The predicted octanol–water partition coefficient (Wildman–Crippen LogP) is 4.21. The lowest BCUT2D eigenvalue weighted by molar-refractivity contribution is -0.146. The molecule has 2 bridgehead atoms. The van der Waals surface area contributed by atoms with Crippen molar-refractivity contribution in [2.45, 2.75) is 12.1 Å². The second-order valence-corrected chi connectivity index (χ2v) is 7.13. The van der Waals surface area contributed by atoms with E-state index in [2.05, 4.69) is 5.32 Å². The Balaban J connectivity index is 1.78. The van der Waals surface area contributed by atoms with E-state index in [-0.39, 0.29) is 29.7 Å². The third-order valence-electron chi connectivity index (χ3n) is 4.97. The van der Waals surface area contributed by atoms with Crippen LogP contribution < -0.4 is 5.32 Å². The normalized spacial score (nSPS) is 29.5. The summed E-state index contributed by atoms with van der Waals surface area (Å²) in [4.78, 5) is 13.0. The molecule has 24 heavy (non-hydrogen) atoms.